The van der Waals surface area contributed by atoms with Crippen LogP contribution in [0.25, 0.3) is 0 Å². The van der Waals surface area contributed by atoms with Gasteiger partial charge >= 0.3 is 0 Å². The van der Waals surface area contributed by atoms with Gasteiger partial charge in [0.1, 0.15) is 6.04 Å². The van der Waals surface area contributed by atoms with Gasteiger partial charge in [-0.1, -0.05) is 46.8 Å². The Morgan fingerprint density at radius 2 is 1.65 bits per heavy atom. The van der Waals surface area contributed by atoms with Crippen LogP contribution in [-0.2, 0) is 20.2 Å². The maximum atomic E-state index is 12.8. The Hall–Kier alpha value is -1.40. The van der Waals surface area contributed by atoms with Gasteiger partial charge in [-0.25, -0.2) is 8.42 Å². The van der Waals surface area contributed by atoms with Crippen molar-refractivity contribution in [2.75, 3.05) is 13.1 Å². The van der Waals surface area contributed by atoms with E-state index in [-0.39, 0.29) is 22.1 Å². The van der Waals surface area contributed by atoms with Crippen LogP contribution in [0.15, 0.2) is 29.2 Å². The first kappa shape index (κ1) is 20.9. The number of likely N-dealkylation sites (tertiary alicyclic amines) is 1. The molecule has 1 heterocycles. The van der Waals surface area contributed by atoms with E-state index in [1.807, 2.05) is 26.0 Å². The molecule has 1 N–H and O–H groups in total. The summed E-state index contributed by atoms with van der Waals surface area (Å²) in [6, 6.07) is 6.22. The minimum Gasteiger partial charge on any atom is -0.341 e. The van der Waals surface area contributed by atoms with Gasteiger partial charge in [-0.2, -0.15) is 4.72 Å². The maximum absolute atomic E-state index is 12.8. The number of nitrogens with one attached hydrogen (secondary N) is 1. The van der Waals surface area contributed by atoms with Gasteiger partial charge in [0.2, 0.25) is 15.9 Å². The van der Waals surface area contributed by atoms with Gasteiger partial charge in [0.15, 0.2) is 0 Å². The Balaban J connectivity index is 2.20. The van der Waals surface area contributed by atoms with Gasteiger partial charge in [-0.05, 0) is 48.3 Å². The molecule has 0 saturated carbocycles. The van der Waals surface area contributed by atoms with E-state index in [4.69, 9.17) is 0 Å². The third-order valence-corrected chi connectivity index (χ3v) is 6.24. The molecule has 1 atom stereocenters. The number of nitrogens with zero attached hydrogens (tertiary/aromatic N) is 1. The van der Waals surface area contributed by atoms with Crippen LogP contribution in [0, 0.1) is 5.92 Å². The van der Waals surface area contributed by atoms with Crippen LogP contribution in [0.3, 0.4) is 0 Å². The van der Waals surface area contributed by atoms with Crippen LogP contribution in [0.5, 0.6) is 0 Å². The molecular weight excluding hydrogens is 348 g/mol. The summed E-state index contributed by atoms with van der Waals surface area (Å²) in [7, 11) is -3.74. The summed E-state index contributed by atoms with van der Waals surface area (Å²) in [6.07, 6.45) is 2.47. The van der Waals surface area contributed by atoms with Crippen molar-refractivity contribution < 1.29 is 13.2 Å². The highest BCUT2D eigenvalue weighted by molar-refractivity contribution is 7.89. The normalized spacial score (nSPS) is 16.9. The number of hydrogen-bond acceptors (Lipinski definition) is 3. The van der Waals surface area contributed by atoms with E-state index < -0.39 is 16.1 Å². The summed E-state index contributed by atoms with van der Waals surface area (Å²) < 4.78 is 28.3. The fourth-order valence-corrected chi connectivity index (χ4v) is 4.42. The van der Waals surface area contributed by atoms with E-state index in [1.54, 1.807) is 17.0 Å². The van der Waals surface area contributed by atoms with E-state index in [0.29, 0.717) is 6.42 Å². The van der Waals surface area contributed by atoms with Crippen molar-refractivity contribution >= 4 is 15.9 Å². The Bertz CT molecular complexity index is 712. The van der Waals surface area contributed by atoms with Crippen LogP contribution < -0.4 is 4.72 Å². The zero-order chi connectivity index (χ0) is 19.5. The SMILES string of the molecule is CC(C)C[C@H](NS(=O)(=O)c1ccc(C(C)(C)C)cc1)C(=O)N1CCCC1. The number of sulfonamides is 1. The predicted octanol–water partition coefficient (Wildman–Crippen LogP) is 3.30. The van der Waals surface area contributed by atoms with Crippen molar-refractivity contribution in [2.24, 2.45) is 5.92 Å². The Morgan fingerprint density at radius 1 is 1.12 bits per heavy atom. The molecule has 0 bridgehead atoms. The average molecular weight is 381 g/mol. The van der Waals surface area contributed by atoms with E-state index in [0.717, 1.165) is 31.5 Å². The third kappa shape index (κ3) is 5.30. The molecule has 0 unspecified atom stereocenters. The monoisotopic (exact) mass is 380 g/mol. The Morgan fingerprint density at radius 3 is 2.12 bits per heavy atom. The summed E-state index contributed by atoms with van der Waals surface area (Å²) in [6.45, 7) is 11.7. The highest BCUT2D eigenvalue weighted by atomic mass is 32.2. The molecule has 2 rings (SSSR count). The van der Waals surface area contributed by atoms with E-state index in [2.05, 4.69) is 25.5 Å². The van der Waals surface area contributed by atoms with Gasteiger partial charge in [0, 0.05) is 13.1 Å². The van der Waals surface area contributed by atoms with Crippen LogP contribution in [0.2, 0.25) is 0 Å². The summed E-state index contributed by atoms with van der Waals surface area (Å²) in [5.74, 6) is 0.114. The highest BCUT2D eigenvalue weighted by Gasteiger charge is 2.31. The minimum atomic E-state index is -3.74. The summed E-state index contributed by atoms with van der Waals surface area (Å²) >= 11 is 0. The molecule has 0 spiro atoms. The van der Waals surface area contributed by atoms with E-state index in [1.165, 1.54) is 0 Å². The van der Waals surface area contributed by atoms with Gasteiger partial charge < -0.3 is 4.90 Å². The van der Waals surface area contributed by atoms with Crippen molar-refractivity contribution in [2.45, 2.75) is 70.2 Å². The smallest absolute Gasteiger partial charge is 0.241 e. The van der Waals surface area contributed by atoms with Gasteiger partial charge in [0.25, 0.3) is 0 Å². The van der Waals surface area contributed by atoms with Crippen molar-refractivity contribution in [1.29, 1.82) is 0 Å². The summed E-state index contributed by atoms with van der Waals surface area (Å²) in [5, 5.41) is 0. The molecule has 6 heteroatoms. The fraction of sp³-hybridized carbons (Fsp3) is 0.650. The highest BCUT2D eigenvalue weighted by Crippen LogP contribution is 2.24. The van der Waals surface area contributed by atoms with Crippen LogP contribution in [0.4, 0.5) is 0 Å². The number of carbonyl (C=O) groups excluding carboxylic acids is 1. The first-order valence-corrected chi connectivity index (χ1v) is 10.9. The van der Waals surface area contributed by atoms with Crippen LogP contribution in [0.1, 0.15) is 59.4 Å². The second-order valence-corrected chi connectivity index (χ2v) is 10.3. The molecule has 1 amide bonds. The summed E-state index contributed by atoms with van der Waals surface area (Å²) in [5.41, 5.74) is 1.03. The minimum absolute atomic E-state index is 0.0401. The molecule has 5 nitrogen and oxygen atoms in total. The van der Waals surface area contributed by atoms with Crippen molar-refractivity contribution in [3.05, 3.63) is 29.8 Å². The average Bonchev–Trinajstić information content (AvgIpc) is 3.06. The first-order chi connectivity index (χ1) is 12.0. The topological polar surface area (TPSA) is 66.5 Å². The molecule has 1 aromatic carbocycles. The third-order valence-electron chi connectivity index (χ3n) is 4.75. The quantitative estimate of drug-likeness (QED) is 0.823. The lowest BCUT2D eigenvalue weighted by Crippen LogP contribution is -2.48. The fourth-order valence-electron chi connectivity index (χ4n) is 3.22. The first-order valence-electron chi connectivity index (χ1n) is 9.42. The molecule has 0 aromatic heterocycles. The summed E-state index contributed by atoms with van der Waals surface area (Å²) in [4.78, 5) is 14.8. The van der Waals surface area contributed by atoms with E-state index in [9.17, 15) is 13.2 Å². The molecule has 0 radical (unpaired) electrons. The van der Waals surface area contributed by atoms with Crippen LogP contribution in [-0.4, -0.2) is 38.4 Å². The molecule has 1 aliphatic heterocycles. The molecule has 1 aliphatic rings. The number of carbonyl (C=O) groups is 1. The molecule has 26 heavy (non-hydrogen) atoms. The lowest BCUT2D eigenvalue weighted by molar-refractivity contribution is -0.132. The molecule has 0 aliphatic carbocycles. The Labute approximate surface area is 158 Å². The predicted molar refractivity (Wildman–Crippen MR) is 105 cm³/mol. The molecular formula is C20H32N2O3S. The number of rotatable bonds is 6. The standard InChI is InChI=1S/C20H32N2O3S/c1-15(2)14-18(19(23)22-12-6-7-13-22)21-26(24,25)17-10-8-16(9-11-17)20(3,4)5/h8-11,15,18,21H,6-7,12-14H2,1-5H3/t18-/m0/s1. The molecule has 146 valence electrons. The zero-order valence-corrected chi connectivity index (χ0v) is 17.4. The number of benzene rings is 1. The van der Waals surface area contributed by atoms with Crippen molar-refractivity contribution in [1.82, 2.24) is 9.62 Å². The zero-order valence-electron chi connectivity index (χ0n) is 16.6. The molecule has 1 fully saturated rings. The van der Waals surface area contributed by atoms with Gasteiger partial charge in [-0.3, -0.25) is 4.79 Å². The number of amides is 1. The van der Waals surface area contributed by atoms with Crippen molar-refractivity contribution in [3.63, 3.8) is 0 Å². The van der Waals surface area contributed by atoms with Gasteiger partial charge in [-0.15, -0.1) is 0 Å². The molecule has 1 saturated heterocycles. The second kappa shape index (κ2) is 8.09. The Kier molecular flexibility index (Phi) is 6.51. The lowest BCUT2D eigenvalue weighted by Gasteiger charge is -2.25. The lowest BCUT2D eigenvalue weighted by atomic mass is 9.87. The van der Waals surface area contributed by atoms with E-state index >= 15 is 0 Å². The molecule has 1 aromatic rings. The largest absolute Gasteiger partial charge is 0.341 e. The van der Waals surface area contributed by atoms with Crippen LogP contribution >= 0.6 is 0 Å². The van der Waals surface area contributed by atoms with Gasteiger partial charge in [0.05, 0.1) is 4.90 Å². The second-order valence-electron chi connectivity index (χ2n) is 8.61. The maximum Gasteiger partial charge on any atom is 0.241 e. The number of hydrogen-bond donors (Lipinski definition) is 1. The van der Waals surface area contributed by atoms with Crippen molar-refractivity contribution in [3.8, 4) is 0 Å².